The van der Waals surface area contributed by atoms with Gasteiger partial charge in [0, 0.05) is 28.1 Å². The van der Waals surface area contributed by atoms with Gasteiger partial charge in [-0.15, -0.1) is 11.3 Å². The van der Waals surface area contributed by atoms with E-state index in [1.165, 1.54) is 10.6 Å². The molecule has 0 N–H and O–H groups in total. The molecule has 0 aliphatic heterocycles. The molecule has 27 heavy (non-hydrogen) atoms. The van der Waals surface area contributed by atoms with Gasteiger partial charge in [0.25, 0.3) is 0 Å². The number of thiazole rings is 1. The highest BCUT2D eigenvalue weighted by Gasteiger charge is 2.31. The summed E-state index contributed by atoms with van der Waals surface area (Å²) in [5.74, 6) is 1.57. The lowest BCUT2D eigenvalue weighted by molar-refractivity contribution is 0.331. The lowest BCUT2D eigenvalue weighted by Crippen LogP contribution is -2.24. The SMILES string of the molecule is C[C@H]1[C@H](C=Cc2ccc(-c3ccccc3C#N)cn2)c2ncsc2C[C@@H]1C. The molecule has 1 aromatic carbocycles. The zero-order chi connectivity index (χ0) is 18.8. The number of fused-ring (bicyclic) bond motifs is 1. The van der Waals surface area contributed by atoms with Gasteiger partial charge >= 0.3 is 0 Å². The predicted octanol–water partition coefficient (Wildman–Crippen LogP) is 5.70. The number of rotatable bonds is 3. The van der Waals surface area contributed by atoms with Gasteiger partial charge in [0.15, 0.2) is 0 Å². The minimum absolute atomic E-state index is 0.343. The fourth-order valence-electron chi connectivity index (χ4n) is 3.75. The van der Waals surface area contributed by atoms with E-state index in [1.807, 2.05) is 48.1 Å². The third-order valence-electron chi connectivity index (χ3n) is 5.58. The van der Waals surface area contributed by atoms with Crippen LogP contribution in [-0.4, -0.2) is 9.97 Å². The van der Waals surface area contributed by atoms with Gasteiger partial charge in [0.1, 0.15) is 0 Å². The van der Waals surface area contributed by atoms with Gasteiger partial charge < -0.3 is 0 Å². The molecule has 3 aromatic rings. The normalized spacial score (nSPS) is 21.7. The zero-order valence-corrected chi connectivity index (χ0v) is 16.3. The second kappa shape index (κ2) is 7.46. The number of benzene rings is 1. The molecule has 134 valence electrons. The fraction of sp³-hybridized carbons (Fsp3) is 0.261. The summed E-state index contributed by atoms with van der Waals surface area (Å²) in [6.45, 7) is 4.64. The molecule has 2 aromatic heterocycles. The van der Waals surface area contributed by atoms with Crippen molar-refractivity contribution in [3.63, 3.8) is 0 Å². The molecule has 3 atom stereocenters. The molecular formula is C23H21N3S. The monoisotopic (exact) mass is 371 g/mol. The van der Waals surface area contributed by atoms with Gasteiger partial charge in [-0.1, -0.05) is 44.2 Å². The van der Waals surface area contributed by atoms with Crippen LogP contribution in [0.15, 0.2) is 54.2 Å². The first kappa shape index (κ1) is 17.6. The maximum Gasteiger partial charge on any atom is 0.0998 e. The minimum Gasteiger partial charge on any atom is -0.256 e. The lowest BCUT2D eigenvalue weighted by atomic mass is 9.75. The lowest BCUT2D eigenvalue weighted by Gasteiger charge is -2.31. The second-order valence-electron chi connectivity index (χ2n) is 7.22. The van der Waals surface area contributed by atoms with Crippen molar-refractivity contribution >= 4 is 17.4 Å². The van der Waals surface area contributed by atoms with Crippen LogP contribution in [0.4, 0.5) is 0 Å². The van der Waals surface area contributed by atoms with Crippen LogP contribution in [0.3, 0.4) is 0 Å². The number of aromatic nitrogens is 2. The van der Waals surface area contributed by atoms with Gasteiger partial charge in [-0.2, -0.15) is 5.26 Å². The molecule has 0 bridgehead atoms. The molecule has 1 aliphatic carbocycles. The Morgan fingerprint density at radius 2 is 2.00 bits per heavy atom. The molecule has 2 heterocycles. The van der Waals surface area contributed by atoms with Crippen molar-refractivity contribution in [2.45, 2.75) is 26.2 Å². The molecule has 0 fully saturated rings. The average Bonchev–Trinajstić information content (AvgIpc) is 3.16. The molecule has 0 radical (unpaired) electrons. The Hall–Kier alpha value is -2.77. The number of allylic oxidation sites excluding steroid dienone is 1. The first-order chi connectivity index (χ1) is 13.2. The highest BCUT2D eigenvalue weighted by Crippen LogP contribution is 2.41. The highest BCUT2D eigenvalue weighted by atomic mass is 32.1. The summed E-state index contributed by atoms with van der Waals surface area (Å²) in [7, 11) is 0. The van der Waals surface area contributed by atoms with E-state index < -0.39 is 0 Å². The number of pyridine rings is 1. The molecule has 0 spiro atoms. The van der Waals surface area contributed by atoms with E-state index in [0.717, 1.165) is 23.2 Å². The summed E-state index contributed by atoms with van der Waals surface area (Å²) >= 11 is 1.77. The summed E-state index contributed by atoms with van der Waals surface area (Å²) in [5.41, 5.74) is 6.69. The van der Waals surface area contributed by atoms with Gasteiger partial charge in [-0.25, -0.2) is 4.98 Å². The largest absolute Gasteiger partial charge is 0.256 e. The van der Waals surface area contributed by atoms with E-state index in [-0.39, 0.29) is 0 Å². The van der Waals surface area contributed by atoms with Crippen molar-refractivity contribution < 1.29 is 0 Å². The molecule has 0 saturated carbocycles. The smallest absolute Gasteiger partial charge is 0.0998 e. The minimum atomic E-state index is 0.343. The molecule has 1 aliphatic rings. The Bertz CT molecular complexity index is 1010. The van der Waals surface area contributed by atoms with E-state index in [0.29, 0.717) is 23.3 Å². The predicted molar refractivity (Wildman–Crippen MR) is 110 cm³/mol. The highest BCUT2D eigenvalue weighted by molar-refractivity contribution is 7.09. The van der Waals surface area contributed by atoms with Gasteiger partial charge in [-0.05, 0) is 36.5 Å². The topological polar surface area (TPSA) is 49.6 Å². The standard InChI is InChI=1S/C23H21N3S/c1-15-11-22-23(26-14-27-22)20(16(15)2)10-9-19-8-7-18(13-25-19)21-6-4-3-5-17(21)12-24/h3-10,13-16,20H,11H2,1-2H3/t15-,16+,20-/m0/s1. The quantitative estimate of drug-likeness (QED) is 0.593. The molecular weight excluding hydrogens is 350 g/mol. The summed E-state index contributed by atoms with van der Waals surface area (Å²) < 4.78 is 0. The van der Waals surface area contributed by atoms with Crippen LogP contribution in [0.25, 0.3) is 17.2 Å². The molecule has 0 saturated heterocycles. The molecule has 0 amide bonds. The van der Waals surface area contributed by atoms with E-state index >= 15 is 0 Å². The van der Waals surface area contributed by atoms with E-state index in [1.54, 1.807) is 11.3 Å². The molecule has 4 heteroatoms. The number of hydrogen-bond acceptors (Lipinski definition) is 4. The van der Waals surface area contributed by atoms with Crippen LogP contribution in [-0.2, 0) is 6.42 Å². The average molecular weight is 372 g/mol. The Morgan fingerprint density at radius 1 is 1.15 bits per heavy atom. The second-order valence-corrected chi connectivity index (χ2v) is 8.15. The molecule has 4 rings (SSSR count). The van der Waals surface area contributed by atoms with Gasteiger partial charge in [0.05, 0.1) is 28.5 Å². The summed E-state index contributed by atoms with van der Waals surface area (Å²) in [5, 5.41) is 9.28. The third kappa shape index (κ3) is 3.43. The molecule has 3 nitrogen and oxygen atoms in total. The van der Waals surface area contributed by atoms with E-state index in [2.05, 4.69) is 42.0 Å². The Labute approximate surface area is 164 Å². The van der Waals surface area contributed by atoms with Crippen LogP contribution >= 0.6 is 11.3 Å². The van der Waals surface area contributed by atoms with Gasteiger partial charge in [-0.3, -0.25) is 4.98 Å². The van der Waals surface area contributed by atoms with Crippen LogP contribution in [0.5, 0.6) is 0 Å². The maximum atomic E-state index is 9.28. The zero-order valence-electron chi connectivity index (χ0n) is 15.5. The Morgan fingerprint density at radius 3 is 2.78 bits per heavy atom. The summed E-state index contributed by atoms with van der Waals surface area (Å²) in [6.07, 6.45) is 7.33. The van der Waals surface area contributed by atoms with Crippen molar-refractivity contribution in [1.29, 1.82) is 5.26 Å². The van der Waals surface area contributed by atoms with E-state index in [9.17, 15) is 5.26 Å². The molecule has 0 unspecified atom stereocenters. The van der Waals surface area contributed by atoms with E-state index in [4.69, 9.17) is 0 Å². The first-order valence-electron chi connectivity index (χ1n) is 9.23. The number of nitriles is 1. The number of hydrogen-bond donors (Lipinski definition) is 0. The Kier molecular flexibility index (Phi) is 4.87. The van der Waals surface area contributed by atoms with Crippen LogP contribution in [0.1, 0.15) is 41.6 Å². The van der Waals surface area contributed by atoms with Crippen LogP contribution in [0.2, 0.25) is 0 Å². The van der Waals surface area contributed by atoms with Crippen LogP contribution in [0, 0.1) is 23.2 Å². The number of nitrogens with zero attached hydrogens (tertiary/aromatic N) is 3. The Balaban J connectivity index is 1.58. The van der Waals surface area contributed by atoms with Gasteiger partial charge in [0.2, 0.25) is 0 Å². The third-order valence-corrected chi connectivity index (χ3v) is 6.45. The summed E-state index contributed by atoms with van der Waals surface area (Å²) in [6, 6.07) is 13.9. The van der Waals surface area contributed by atoms with Crippen molar-refractivity contribution in [1.82, 2.24) is 9.97 Å². The van der Waals surface area contributed by atoms with Crippen molar-refractivity contribution in [2.24, 2.45) is 11.8 Å². The maximum absolute atomic E-state index is 9.28. The van der Waals surface area contributed by atoms with Crippen LogP contribution < -0.4 is 0 Å². The summed E-state index contributed by atoms with van der Waals surface area (Å²) in [4.78, 5) is 10.6. The van der Waals surface area contributed by atoms with Crippen molar-refractivity contribution in [3.8, 4) is 17.2 Å². The fourth-order valence-corrected chi connectivity index (χ4v) is 4.71. The van der Waals surface area contributed by atoms with Crippen molar-refractivity contribution in [2.75, 3.05) is 0 Å². The van der Waals surface area contributed by atoms with Crippen molar-refractivity contribution in [3.05, 3.63) is 76.0 Å². The first-order valence-corrected chi connectivity index (χ1v) is 10.1.